The van der Waals surface area contributed by atoms with Gasteiger partial charge in [-0.2, -0.15) is 0 Å². The normalized spacial score (nSPS) is 10.8. The molecule has 0 unspecified atom stereocenters. The summed E-state index contributed by atoms with van der Waals surface area (Å²) in [5, 5.41) is 0. The molecule has 0 saturated heterocycles. The molecule has 0 atom stereocenters. The molecule has 1 rings (SSSR count). The second-order valence-corrected chi connectivity index (χ2v) is 3.98. The highest BCUT2D eigenvalue weighted by atomic mass is 14.6. The van der Waals surface area contributed by atoms with Crippen molar-refractivity contribution in [3.63, 3.8) is 0 Å². The Balaban J connectivity index is 2.86. The molecule has 1 heteroatoms. The Morgan fingerprint density at radius 2 is 2.00 bits per heavy atom. The maximum Gasteiger partial charge on any atom is 0.0346 e. The average Bonchev–Trinajstić information content (AvgIpc) is 2.07. The first kappa shape index (κ1) is 10.1. The van der Waals surface area contributed by atoms with Crippen LogP contribution in [0.5, 0.6) is 0 Å². The van der Waals surface area contributed by atoms with Gasteiger partial charge in [0, 0.05) is 5.69 Å². The maximum absolute atomic E-state index is 5.83. The molecule has 0 fully saturated rings. The summed E-state index contributed by atoms with van der Waals surface area (Å²) >= 11 is 0. The van der Waals surface area contributed by atoms with Crippen molar-refractivity contribution < 1.29 is 0 Å². The van der Waals surface area contributed by atoms with Crippen molar-refractivity contribution >= 4 is 5.69 Å². The van der Waals surface area contributed by atoms with Crippen molar-refractivity contribution in [2.24, 2.45) is 5.92 Å². The number of nitrogen functional groups attached to an aromatic ring is 1. The van der Waals surface area contributed by atoms with E-state index in [4.69, 9.17) is 5.73 Å². The Kier molecular flexibility index (Phi) is 3.35. The molecular formula is C12H19N. The first-order valence-electron chi connectivity index (χ1n) is 5.00. The molecule has 0 aliphatic rings. The lowest BCUT2D eigenvalue weighted by Crippen LogP contribution is -1.98. The van der Waals surface area contributed by atoms with Gasteiger partial charge in [0.05, 0.1) is 0 Å². The topological polar surface area (TPSA) is 26.0 Å². The molecule has 0 aliphatic heterocycles. The van der Waals surface area contributed by atoms with Crippen LogP contribution in [-0.4, -0.2) is 0 Å². The molecule has 0 saturated carbocycles. The van der Waals surface area contributed by atoms with Crippen molar-refractivity contribution in [1.82, 2.24) is 0 Å². The van der Waals surface area contributed by atoms with E-state index < -0.39 is 0 Å². The lowest BCUT2D eigenvalue weighted by molar-refractivity contribution is 0.647. The summed E-state index contributed by atoms with van der Waals surface area (Å²) in [6.07, 6.45) is 2.17. The van der Waals surface area contributed by atoms with Crippen molar-refractivity contribution in [1.29, 1.82) is 0 Å². The van der Waals surface area contributed by atoms with Gasteiger partial charge in [-0.3, -0.25) is 0 Å². The number of rotatable bonds is 3. The summed E-state index contributed by atoms with van der Waals surface area (Å²) in [5.41, 5.74) is 9.44. The van der Waals surface area contributed by atoms with Crippen molar-refractivity contribution in [2.75, 3.05) is 5.73 Å². The van der Waals surface area contributed by atoms with E-state index in [2.05, 4.69) is 32.9 Å². The van der Waals surface area contributed by atoms with Gasteiger partial charge in [0.25, 0.3) is 0 Å². The summed E-state index contributed by atoms with van der Waals surface area (Å²) in [4.78, 5) is 0. The number of benzene rings is 1. The molecule has 1 aromatic carbocycles. The SMILES string of the molecule is CCc1cc(CC(C)C)ccc1N. The molecule has 13 heavy (non-hydrogen) atoms. The minimum absolute atomic E-state index is 0.716. The molecule has 0 radical (unpaired) electrons. The number of hydrogen-bond donors (Lipinski definition) is 1. The van der Waals surface area contributed by atoms with E-state index in [-0.39, 0.29) is 0 Å². The summed E-state index contributed by atoms with van der Waals surface area (Å²) < 4.78 is 0. The van der Waals surface area contributed by atoms with E-state index in [0.29, 0.717) is 5.92 Å². The van der Waals surface area contributed by atoms with Gasteiger partial charge in [0.15, 0.2) is 0 Å². The van der Waals surface area contributed by atoms with Crippen LogP contribution in [0, 0.1) is 5.92 Å². The van der Waals surface area contributed by atoms with Crippen LogP contribution in [0.25, 0.3) is 0 Å². The molecule has 1 aromatic rings. The number of nitrogens with two attached hydrogens (primary N) is 1. The van der Waals surface area contributed by atoms with Crippen molar-refractivity contribution in [3.05, 3.63) is 29.3 Å². The van der Waals surface area contributed by atoms with Crippen LogP contribution >= 0.6 is 0 Å². The van der Waals surface area contributed by atoms with Gasteiger partial charge in [-0.25, -0.2) is 0 Å². The van der Waals surface area contributed by atoms with Gasteiger partial charge in [0.1, 0.15) is 0 Å². The van der Waals surface area contributed by atoms with Crippen LogP contribution in [0.4, 0.5) is 5.69 Å². The standard InChI is InChI=1S/C12H19N/c1-4-11-8-10(7-9(2)3)5-6-12(11)13/h5-6,8-9H,4,7,13H2,1-3H3. The fraction of sp³-hybridized carbons (Fsp3) is 0.500. The molecule has 72 valence electrons. The summed E-state index contributed by atoms with van der Waals surface area (Å²) in [6, 6.07) is 6.39. The third-order valence-corrected chi connectivity index (χ3v) is 2.23. The number of aryl methyl sites for hydroxylation is 1. The molecule has 0 amide bonds. The zero-order chi connectivity index (χ0) is 9.84. The summed E-state index contributed by atoms with van der Waals surface area (Å²) in [7, 11) is 0. The zero-order valence-electron chi connectivity index (χ0n) is 8.80. The smallest absolute Gasteiger partial charge is 0.0346 e. The van der Waals surface area contributed by atoms with E-state index >= 15 is 0 Å². The highest BCUT2D eigenvalue weighted by Gasteiger charge is 2.01. The quantitative estimate of drug-likeness (QED) is 0.706. The predicted octanol–water partition coefficient (Wildman–Crippen LogP) is 3.03. The third kappa shape index (κ3) is 2.76. The van der Waals surface area contributed by atoms with Gasteiger partial charge in [-0.05, 0) is 36.0 Å². The van der Waals surface area contributed by atoms with Gasteiger partial charge in [-0.1, -0.05) is 32.9 Å². The van der Waals surface area contributed by atoms with Crippen LogP contribution < -0.4 is 5.73 Å². The lowest BCUT2D eigenvalue weighted by Gasteiger charge is -2.08. The Labute approximate surface area is 81.0 Å². The Bertz CT molecular complexity index is 276. The molecule has 0 heterocycles. The molecule has 0 bridgehead atoms. The highest BCUT2D eigenvalue weighted by Crippen LogP contribution is 2.17. The van der Waals surface area contributed by atoms with Gasteiger partial charge in [0.2, 0.25) is 0 Å². The second-order valence-electron chi connectivity index (χ2n) is 3.98. The molecule has 2 N–H and O–H groups in total. The maximum atomic E-state index is 5.83. The first-order chi connectivity index (χ1) is 6.13. The van der Waals surface area contributed by atoms with E-state index in [0.717, 1.165) is 18.5 Å². The third-order valence-electron chi connectivity index (χ3n) is 2.23. The second kappa shape index (κ2) is 4.31. The van der Waals surface area contributed by atoms with E-state index in [1.807, 2.05) is 6.07 Å². The van der Waals surface area contributed by atoms with Crippen molar-refractivity contribution in [2.45, 2.75) is 33.6 Å². The number of anilines is 1. The highest BCUT2D eigenvalue weighted by molar-refractivity contribution is 5.48. The van der Waals surface area contributed by atoms with Gasteiger partial charge < -0.3 is 5.73 Å². The fourth-order valence-electron chi connectivity index (χ4n) is 1.56. The lowest BCUT2D eigenvalue weighted by atomic mass is 9.99. The molecule has 0 aromatic heterocycles. The van der Waals surface area contributed by atoms with Crippen LogP contribution in [0.3, 0.4) is 0 Å². The summed E-state index contributed by atoms with van der Waals surface area (Å²) in [6.45, 7) is 6.62. The minimum Gasteiger partial charge on any atom is -0.399 e. The fourth-order valence-corrected chi connectivity index (χ4v) is 1.56. The molecule has 0 aliphatic carbocycles. The number of hydrogen-bond acceptors (Lipinski definition) is 1. The Hall–Kier alpha value is -0.980. The Morgan fingerprint density at radius 1 is 1.31 bits per heavy atom. The first-order valence-corrected chi connectivity index (χ1v) is 5.00. The molecule has 0 spiro atoms. The van der Waals surface area contributed by atoms with Crippen LogP contribution in [0.2, 0.25) is 0 Å². The minimum atomic E-state index is 0.716. The zero-order valence-corrected chi connectivity index (χ0v) is 8.80. The van der Waals surface area contributed by atoms with Crippen molar-refractivity contribution in [3.8, 4) is 0 Å². The predicted molar refractivity (Wildman–Crippen MR) is 58.8 cm³/mol. The van der Waals surface area contributed by atoms with Crippen LogP contribution in [0.1, 0.15) is 31.9 Å². The Morgan fingerprint density at radius 3 is 2.54 bits per heavy atom. The van der Waals surface area contributed by atoms with Crippen LogP contribution in [0.15, 0.2) is 18.2 Å². The monoisotopic (exact) mass is 177 g/mol. The summed E-state index contributed by atoms with van der Waals surface area (Å²) in [5.74, 6) is 0.716. The molecular weight excluding hydrogens is 158 g/mol. The average molecular weight is 177 g/mol. The van der Waals surface area contributed by atoms with E-state index in [1.54, 1.807) is 0 Å². The van der Waals surface area contributed by atoms with Gasteiger partial charge in [-0.15, -0.1) is 0 Å². The van der Waals surface area contributed by atoms with E-state index in [9.17, 15) is 0 Å². The molecule has 1 nitrogen and oxygen atoms in total. The van der Waals surface area contributed by atoms with Gasteiger partial charge >= 0.3 is 0 Å². The van der Waals surface area contributed by atoms with E-state index in [1.165, 1.54) is 11.1 Å². The van der Waals surface area contributed by atoms with Crippen LogP contribution in [-0.2, 0) is 12.8 Å². The largest absolute Gasteiger partial charge is 0.399 e.